The summed E-state index contributed by atoms with van der Waals surface area (Å²) in [5.74, 6) is -0.302. The van der Waals surface area contributed by atoms with Gasteiger partial charge in [0.1, 0.15) is 6.54 Å². The number of anilines is 1. The number of carbonyl (C=O) groups excluding carboxylic acids is 2. The molecule has 1 atom stereocenters. The maximum absolute atomic E-state index is 12.4. The van der Waals surface area contributed by atoms with E-state index in [1.165, 1.54) is 10.9 Å². The van der Waals surface area contributed by atoms with Crippen molar-refractivity contribution in [3.63, 3.8) is 0 Å². The molecule has 0 saturated carbocycles. The van der Waals surface area contributed by atoms with Gasteiger partial charge in [0.2, 0.25) is 17.2 Å². The van der Waals surface area contributed by atoms with Gasteiger partial charge in [0.05, 0.1) is 11.7 Å². The number of nitrogens with zero attached hydrogens (tertiary/aromatic N) is 2. The van der Waals surface area contributed by atoms with Gasteiger partial charge in [0, 0.05) is 23.5 Å². The summed E-state index contributed by atoms with van der Waals surface area (Å²) in [5, 5.41) is 10.3. The number of rotatable bonds is 7. The Balaban J connectivity index is 1.63. The smallest absolute Gasteiger partial charge is 0.242 e. The predicted octanol–water partition coefficient (Wildman–Crippen LogP) is 2.70. The Morgan fingerprint density at radius 2 is 1.93 bits per heavy atom. The highest BCUT2D eigenvalue weighted by Crippen LogP contribution is 2.13. The standard InChI is InChI=1S/C22H24N4O3/c1-3-15(2)22(29)25-17-8-6-7-16(11-17)12-23-21(28)14-26-19-10-5-4-9-18(19)20(27)13-24-26/h4-11,13,15H,3,12,14H2,1-2H3,(H,23,28)(H,25,29). The lowest BCUT2D eigenvalue weighted by molar-refractivity contribution is -0.122. The van der Waals surface area contributed by atoms with E-state index >= 15 is 0 Å². The molecule has 0 fully saturated rings. The molecule has 0 bridgehead atoms. The highest BCUT2D eigenvalue weighted by molar-refractivity contribution is 5.92. The highest BCUT2D eigenvalue weighted by Gasteiger charge is 2.11. The third kappa shape index (κ3) is 5.07. The van der Waals surface area contributed by atoms with E-state index in [0.29, 0.717) is 23.1 Å². The molecular weight excluding hydrogens is 368 g/mol. The number of nitrogens with one attached hydrogen (secondary N) is 2. The van der Waals surface area contributed by atoms with E-state index in [-0.39, 0.29) is 29.7 Å². The molecule has 2 N–H and O–H groups in total. The van der Waals surface area contributed by atoms with Gasteiger partial charge in [0.15, 0.2) is 0 Å². The number of benzene rings is 2. The first-order valence-electron chi connectivity index (χ1n) is 9.59. The minimum Gasteiger partial charge on any atom is -0.350 e. The normalized spacial score (nSPS) is 11.8. The van der Waals surface area contributed by atoms with Crippen LogP contribution in [0.4, 0.5) is 5.69 Å². The zero-order valence-corrected chi connectivity index (χ0v) is 16.5. The van der Waals surface area contributed by atoms with Gasteiger partial charge >= 0.3 is 0 Å². The maximum atomic E-state index is 12.4. The van der Waals surface area contributed by atoms with Crippen molar-refractivity contribution in [2.75, 3.05) is 5.32 Å². The number of hydrogen-bond donors (Lipinski definition) is 2. The van der Waals surface area contributed by atoms with E-state index in [0.717, 1.165) is 12.0 Å². The van der Waals surface area contributed by atoms with Crippen molar-refractivity contribution in [1.29, 1.82) is 0 Å². The second kappa shape index (κ2) is 9.14. The summed E-state index contributed by atoms with van der Waals surface area (Å²) in [6.07, 6.45) is 1.99. The van der Waals surface area contributed by atoms with Crippen LogP contribution in [0.25, 0.3) is 10.9 Å². The summed E-state index contributed by atoms with van der Waals surface area (Å²) in [5.41, 5.74) is 2.02. The van der Waals surface area contributed by atoms with Crippen LogP contribution in [0.1, 0.15) is 25.8 Å². The van der Waals surface area contributed by atoms with Crippen molar-refractivity contribution in [1.82, 2.24) is 15.1 Å². The molecule has 7 heteroatoms. The van der Waals surface area contributed by atoms with Gasteiger partial charge in [-0.2, -0.15) is 5.10 Å². The molecule has 1 unspecified atom stereocenters. The van der Waals surface area contributed by atoms with E-state index in [1.807, 2.05) is 38.1 Å². The Kier molecular flexibility index (Phi) is 6.39. The van der Waals surface area contributed by atoms with E-state index in [2.05, 4.69) is 15.7 Å². The largest absolute Gasteiger partial charge is 0.350 e. The van der Waals surface area contributed by atoms with Gasteiger partial charge < -0.3 is 10.6 Å². The predicted molar refractivity (Wildman–Crippen MR) is 112 cm³/mol. The monoisotopic (exact) mass is 392 g/mol. The van der Waals surface area contributed by atoms with Crippen molar-refractivity contribution in [3.8, 4) is 0 Å². The SMILES string of the molecule is CCC(C)C(=O)Nc1cccc(CNC(=O)Cn2ncc(=O)c3ccccc32)c1. The van der Waals surface area contributed by atoms with Crippen LogP contribution in [0.5, 0.6) is 0 Å². The lowest BCUT2D eigenvalue weighted by atomic mass is 10.1. The molecule has 7 nitrogen and oxygen atoms in total. The highest BCUT2D eigenvalue weighted by atomic mass is 16.2. The average molecular weight is 392 g/mol. The number of aromatic nitrogens is 2. The van der Waals surface area contributed by atoms with Crippen LogP contribution in [-0.4, -0.2) is 21.6 Å². The lowest BCUT2D eigenvalue weighted by Crippen LogP contribution is -2.28. The Labute approximate surface area is 168 Å². The van der Waals surface area contributed by atoms with Gasteiger partial charge in [-0.1, -0.05) is 38.1 Å². The Bertz CT molecular complexity index is 1090. The zero-order valence-electron chi connectivity index (χ0n) is 16.5. The summed E-state index contributed by atoms with van der Waals surface area (Å²) in [6, 6.07) is 14.4. The molecule has 150 valence electrons. The molecule has 3 rings (SSSR count). The van der Waals surface area contributed by atoms with Crippen LogP contribution in [-0.2, 0) is 22.7 Å². The number of amides is 2. The number of fused-ring (bicyclic) bond motifs is 1. The first kappa shape index (κ1) is 20.3. The molecule has 0 saturated heterocycles. The fourth-order valence-corrected chi connectivity index (χ4v) is 2.89. The minimum atomic E-state index is -0.222. The molecule has 0 aliphatic carbocycles. The molecule has 1 heterocycles. The topological polar surface area (TPSA) is 93.1 Å². The second-order valence-corrected chi connectivity index (χ2v) is 6.96. The van der Waals surface area contributed by atoms with Crippen LogP contribution in [0.3, 0.4) is 0 Å². The van der Waals surface area contributed by atoms with Gasteiger partial charge in [-0.05, 0) is 36.2 Å². The van der Waals surface area contributed by atoms with Gasteiger partial charge in [-0.3, -0.25) is 19.1 Å². The van der Waals surface area contributed by atoms with Gasteiger partial charge in [0.25, 0.3) is 0 Å². The number of carbonyl (C=O) groups is 2. The molecule has 2 amide bonds. The first-order valence-corrected chi connectivity index (χ1v) is 9.59. The van der Waals surface area contributed by atoms with E-state index in [1.54, 1.807) is 24.3 Å². The van der Waals surface area contributed by atoms with Crippen molar-refractivity contribution < 1.29 is 9.59 Å². The Hall–Kier alpha value is -3.48. The van der Waals surface area contributed by atoms with Crippen molar-refractivity contribution >= 4 is 28.4 Å². The molecule has 0 aliphatic heterocycles. The molecule has 2 aromatic carbocycles. The summed E-state index contributed by atoms with van der Waals surface area (Å²) >= 11 is 0. The van der Waals surface area contributed by atoms with Crippen LogP contribution >= 0.6 is 0 Å². The quantitative estimate of drug-likeness (QED) is 0.647. The summed E-state index contributed by atoms with van der Waals surface area (Å²) in [6.45, 7) is 4.18. The summed E-state index contributed by atoms with van der Waals surface area (Å²) in [7, 11) is 0. The van der Waals surface area contributed by atoms with Crippen LogP contribution in [0.2, 0.25) is 0 Å². The Morgan fingerprint density at radius 3 is 2.72 bits per heavy atom. The minimum absolute atomic E-state index is 0.00519. The van der Waals surface area contributed by atoms with E-state index in [9.17, 15) is 14.4 Å². The summed E-state index contributed by atoms with van der Waals surface area (Å²) in [4.78, 5) is 36.3. The Morgan fingerprint density at radius 1 is 1.14 bits per heavy atom. The van der Waals surface area contributed by atoms with Gasteiger partial charge in [-0.15, -0.1) is 0 Å². The fraction of sp³-hybridized carbons (Fsp3) is 0.273. The fourth-order valence-electron chi connectivity index (χ4n) is 2.89. The van der Waals surface area contributed by atoms with Gasteiger partial charge in [-0.25, -0.2) is 0 Å². The molecule has 0 aliphatic rings. The molecule has 29 heavy (non-hydrogen) atoms. The van der Waals surface area contributed by atoms with Crippen molar-refractivity contribution in [3.05, 3.63) is 70.5 Å². The third-order valence-corrected chi connectivity index (χ3v) is 4.80. The maximum Gasteiger partial charge on any atom is 0.242 e. The zero-order chi connectivity index (χ0) is 20.8. The molecule has 0 radical (unpaired) electrons. The molecule has 3 aromatic rings. The van der Waals surface area contributed by atoms with E-state index < -0.39 is 0 Å². The third-order valence-electron chi connectivity index (χ3n) is 4.80. The lowest BCUT2D eigenvalue weighted by Gasteiger charge is -2.12. The molecular formula is C22H24N4O3. The first-order chi connectivity index (χ1) is 14.0. The molecule has 1 aromatic heterocycles. The van der Waals surface area contributed by atoms with Crippen LogP contribution in [0, 0.1) is 5.92 Å². The summed E-state index contributed by atoms with van der Waals surface area (Å²) < 4.78 is 1.51. The number of hydrogen-bond acceptors (Lipinski definition) is 4. The van der Waals surface area contributed by atoms with Crippen molar-refractivity contribution in [2.24, 2.45) is 5.92 Å². The van der Waals surface area contributed by atoms with Crippen LogP contribution in [0.15, 0.2) is 59.5 Å². The van der Waals surface area contributed by atoms with Crippen molar-refractivity contribution in [2.45, 2.75) is 33.4 Å². The average Bonchev–Trinajstić information content (AvgIpc) is 2.74. The second-order valence-electron chi connectivity index (χ2n) is 6.96. The molecule has 0 spiro atoms. The number of para-hydroxylation sites is 1. The van der Waals surface area contributed by atoms with E-state index in [4.69, 9.17) is 0 Å². The van der Waals surface area contributed by atoms with Crippen LogP contribution < -0.4 is 16.1 Å².